The summed E-state index contributed by atoms with van der Waals surface area (Å²) < 4.78 is 4.92. The van der Waals surface area contributed by atoms with Crippen LogP contribution < -0.4 is 16.0 Å². The standard InChI is InChI=1S/C28H26N8O3/c1-29-27-30-13-11-22(36-27)23-15-19-14-18(8-9-20(19)33-23)25(37)34-24(26(38)39-2)16-32-28-31-12-10-21(35-28)17-6-4-3-5-7-17/h3-15,24,33H,16H2,1-2H3,(H,34,37)(H,29,30,36)(H,31,32,35). The number of carbonyl (C=O) groups excluding carboxylic acids is 2. The lowest BCUT2D eigenvalue weighted by atomic mass is 10.1. The molecular formula is C28H26N8O3. The molecule has 39 heavy (non-hydrogen) atoms. The molecule has 0 saturated carbocycles. The second kappa shape index (κ2) is 11.4. The third-order valence-electron chi connectivity index (χ3n) is 6.02. The number of anilines is 2. The monoisotopic (exact) mass is 522 g/mol. The largest absolute Gasteiger partial charge is 0.467 e. The van der Waals surface area contributed by atoms with Crippen molar-refractivity contribution in [2.45, 2.75) is 6.04 Å². The van der Waals surface area contributed by atoms with Crippen LogP contribution in [0.2, 0.25) is 0 Å². The highest BCUT2D eigenvalue weighted by Crippen LogP contribution is 2.24. The molecule has 0 bridgehead atoms. The van der Waals surface area contributed by atoms with E-state index >= 15 is 0 Å². The number of fused-ring (bicyclic) bond motifs is 1. The summed E-state index contributed by atoms with van der Waals surface area (Å²) in [6.07, 6.45) is 3.30. The number of ether oxygens (including phenoxy) is 1. The quantitative estimate of drug-likeness (QED) is 0.214. The van der Waals surface area contributed by atoms with Gasteiger partial charge < -0.3 is 25.7 Å². The summed E-state index contributed by atoms with van der Waals surface area (Å²) in [4.78, 5) is 46.2. The van der Waals surface area contributed by atoms with Crippen molar-refractivity contribution in [3.63, 3.8) is 0 Å². The number of methoxy groups -OCH3 is 1. The molecule has 4 N–H and O–H groups in total. The molecule has 0 aliphatic carbocycles. The zero-order valence-electron chi connectivity index (χ0n) is 21.3. The maximum Gasteiger partial charge on any atom is 0.330 e. The van der Waals surface area contributed by atoms with Crippen molar-refractivity contribution >= 4 is 34.7 Å². The minimum atomic E-state index is -0.968. The zero-order chi connectivity index (χ0) is 27.2. The fourth-order valence-corrected chi connectivity index (χ4v) is 4.03. The van der Waals surface area contributed by atoms with Gasteiger partial charge in [-0.3, -0.25) is 4.79 Å². The number of esters is 1. The van der Waals surface area contributed by atoms with Crippen molar-refractivity contribution in [3.8, 4) is 22.6 Å². The van der Waals surface area contributed by atoms with Crippen molar-refractivity contribution in [3.05, 3.63) is 84.7 Å². The minimum absolute atomic E-state index is 0.0364. The third-order valence-corrected chi connectivity index (χ3v) is 6.02. The summed E-state index contributed by atoms with van der Waals surface area (Å²) in [6, 6.07) is 19.4. The van der Waals surface area contributed by atoms with Gasteiger partial charge in [0.05, 0.1) is 24.2 Å². The van der Waals surface area contributed by atoms with Gasteiger partial charge in [-0.25, -0.2) is 24.7 Å². The topological polar surface area (TPSA) is 147 Å². The first-order valence-electron chi connectivity index (χ1n) is 12.2. The van der Waals surface area contributed by atoms with Crippen LogP contribution in [0.1, 0.15) is 10.4 Å². The van der Waals surface area contributed by atoms with Crippen LogP contribution in [-0.2, 0) is 9.53 Å². The first-order valence-corrected chi connectivity index (χ1v) is 12.2. The fourth-order valence-electron chi connectivity index (χ4n) is 4.03. The van der Waals surface area contributed by atoms with Gasteiger partial charge >= 0.3 is 5.97 Å². The van der Waals surface area contributed by atoms with Gasteiger partial charge in [-0.2, -0.15) is 0 Å². The lowest BCUT2D eigenvalue weighted by Crippen LogP contribution is -2.46. The molecule has 5 aromatic rings. The van der Waals surface area contributed by atoms with E-state index in [-0.39, 0.29) is 6.54 Å². The molecule has 0 saturated heterocycles. The third kappa shape index (κ3) is 5.82. The van der Waals surface area contributed by atoms with E-state index in [1.54, 1.807) is 43.7 Å². The van der Waals surface area contributed by atoms with Crippen LogP contribution in [0.3, 0.4) is 0 Å². The summed E-state index contributed by atoms with van der Waals surface area (Å²) in [5.74, 6) is -0.183. The Kier molecular flexibility index (Phi) is 7.39. The SMILES string of the molecule is CNc1nccc(-c2cc3cc(C(=O)NC(CNc4nccc(-c5ccccc5)n4)C(=O)OC)ccc3[nH]2)n1. The van der Waals surface area contributed by atoms with Crippen LogP contribution in [0.5, 0.6) is 0 Å². The van der Waals surface area contributed by atoms with Gasteiger partial charge in [-0.05, 0) is 36.4 Å². The molecule has 196 valence electrons. The molecule has 1 amide bonds. The number of hydrogen-bond donors (Lipinski definition) is 4. The number of amides is 1. The summed E-state index contributed by atoms with van der Waals surface area (Å²) in [5.41, 5.74) is 4.40. The van der Waals surface area contributed by atoms with Crippen LogP contribution in [0.4, 0.5) is 11.9 Å². The van der Waals surface area contributed by atoms with Gasteiger partial charge in [-0.15, -0.1) is 0 Å². The Bertz CT molecular complexity index is 1620. The lowest BCUT2D eigenvalue weighted by molar-refractivity contribution is -0.142. The smallest absolute Gasteiger partial charge is 0.330 e. The normalized spacial score (nSPS) is 11.5. The molecule has 11 nitrogen and oxygen atoms in total. The van der Waals surface area contributed by atoms with Gasteiger partial charge in [-0.1, -0.05) is 30.3 Å². The van der Waals surface area contributed by atoms with E-state index in [2.05, 4.69) is 40.9 Å². The molecule has 0 aliphatic heterocycles. The Hall–Kier alpha value is -5.32. The number of carbonyl (C=O) groups is 2. The Morgan fingerprint density at radius 2 is 1.67 bits per heavy atom. The molecule has 1 unspecified atom stereocenters. The number of nitrogens with zero attached hydrogens (tertiary/aromatic N) is 4. The fraction of sp³-hybridized carbons (Fsp3) is 0.143. The Balaban J connectivity index is 1.30. The van der Waals surface area contributed by atoms with Crippen molar-refractivity contribution < 1.29 is 14.3 Å². The number of aromatic amines is 1. The van der Waals surface area contributed by atoms with E-state index in [9.17, 15) is 9.59 Å². The molecule has 0 radical (unpaired) electrons. The summed E-state index contributed by atoms with van der Waals surface area (Å²) in [5, 5.41) is 9.51. The number of hydrogen-bond acceptors (Lipinski definition) is 9. The van der Waals surface area contributed by atoms with Gasteiger partial charge in [0.15, 0.2) is 0 Å². The maximum absolute atomic E-state index is 13.1. The molecule has 2 aromatic carbocycles. The lowest BCUT2D eigenvalue weighted by Gasteiger charge is -2.17. The number of rotatable bonds is 9. The van der Waals surface area contributed by atoms with Crippen molar-refractivity contribution in [2.24, 2.45) is 0 Å². The molecule has 5 rings (SSSR count). The van der Waals surface area contributed by atoms with Gasteiger partial charge in [0.2, 0.25) is 11.9 Å². The Morgan fingerprint density at radius 1 is 0.923 bits per heavy atom. The van der Waals surface area contributed by atoms with Crippen molar-refractivity contribution in [1.29, 1.82) is 0 Å². The summed E-state index contributed by atoms with van der Waals surface area (Å²) in [7, 11) is 3.02. The summed E-state index contributed by atoms with van der Waals surface area (Å²) in [6.45, 7) is 0.0364. The highest BCUT2D eigenvalue weighted by atomic mass is 16.5. The predicted molar refractivity (Wildman–Crippen MR) is 148 cm³/mol. The predicted octanol–water partition coefficient (Wildman–Crippen LogP) is 3.51. The average molecular weight is 523 g/mol. The van der Waals surface area contributed by atoms with E-state index in [1.807, 2.05) is 42.5 Å². The Labute approximate surface area is 224 Å². The van der Waals surface area contributed by atoms with E-state index in [0.717, 1.165) is 27.9 Å². The van der Waals surface area contributed by atoms with Crippen LogP contribution in [-0.4, -0.2) is 63.5 Å². The van der Waals surface area contributed by atoms with E-state index < -0.39 is 17.9 Å². The van der Waals surface area contributed by atoms with Crippen molar-refractivity contribution in [1.82, 2.24) is 30.2 Å². The van der Waals surface area contributed by atoms with Crippen molar-refractivity contribution in [2.75, 3.05) is 31.3 Å². The maximum atomic E-state index is 13.1. The zero-order valence-corrected chi connectivity index (χ0v) is 21.3. The highest BCUT2D eigenvalue weighted by molar-refractivity contribution is 6.00. The molecule has 3 heterocycles. The van der Waals surface area contributed by atoms with E-state index in [4.69, 9.17) is 4.74 Å². The molecular weight excluding hydrogens is 496 g/mol. The molecule has 1 atom stereocenters. The molecule has 11 heteroatoms. The number of aromatic nitrogens is 5. The minimum Gasteiger partial charge on any atom is -0.467 e. The van der Waals surface area contributed by atoms with Crippen LogP contribution in [0.25, 0.3) is 33.5 Å². The summed E-state index contributed by atoms with van der Waals surface area (Å²) >= 11 is 0. The molecule has 0 aliphatic rings. The second-order valence-corrected chi connectivity index (χ2v) is 8.56. The highest BCUT2D eigenvalue weighted by Gasteiger charge is 2.23. The van der Waals surface area contributed by atoms with Gasteiger partial charge in [0.25, 0.3) is 5.91 Å². The first-order chi connectivity index (χ1) is 19.0. The van der Waals surface area contributed by atoms with E-state index in [0.29, 0.717) is 23.2 Å². The molecule has 0 fully saturated rings. The molecule has 3 aromatic heterocycles. The van der Waals surface area contributed by atoms with E-state index in [1.165, 1.54) is 7.11 Å². The Morgan fingerprint density at radius 3 is 2.44 bits per heavy atom. The van der Waals surface area contributed by atoms with Gasteiger partial charge in [0, 0.05) is 48.0 Å². The number of benzene rings is 2. The van der Waals surface area contributed by atoms with Crippen LogP contribution in [0.15, 0.2) is 79.1 Å². The van der Waals surface area contributed by atoms with Crippen LogP contribution in [0, 0.1) is 0 Å². The first kappa shape index (κ1) is 25.3. The average Bonchev–Trinajstić information content (AvgIpc) is 3.43. The molecule has 0 spiro atoms. The second-order valence-electron chi connectivity index (χ2n) is 8.56. The van der Waals surface area contributed by atoms with Crippen LogP contribution >= 0.6 is 0 Å². The number of H-pyrrole nitrogens is 1. The van der Waals surface area contributed by atoms with Gasteiger partial charge in [0.1, 0.15) is 6.04 Å². The number of nitrogens with one attached hydrogen (secondary N) is 4.